The molecule has 1 heterocycles. The minimum atomic E-state index is -3.61. The predicted octanol–water partition coefficient (Wildman–Crippen LogP) is 2.66. The van der Waals surface area contributed by atoms with Gasteiger partial charge in [0.05, 0.1) is 19.8 Å². The van der Waals surface area contributed by atoms with Crippen molar-refractivity contribution in [1.29, 1.82) is 0 Å². The Kier molecular flexibility index (Phi) is 6.57. The smallest absolute Gasteiger partial charge is 0.385 e. The van der Waals surface area contributed by atoms with Crippen molar-refractivity contribution >= 4 is 18.9 Å². The number of likely N-dealkylation sites (N-methyl/N-ethyl adjacent to an activating group) is 1. The molecule has 0 bridgehead atoms. The van der Waals surface area contributed by atoms with Crippen molar-refractivity contribution in [3.8, 4) is 11.5 Å². The van der Waals surface area contributed by atoms with Crippen LogP contribution in [-0.4, -0.2) is 43.5 Å². The van der Waals surface area contributed by atoms with Crippen LogP contribution in [0.3, 0.4) is 0 Å². The average Bonchev–Trinajstić information content (AvgIpc) is 3.02. The molecular formula is C16H23N2O5P. The fraction of sp³-hybridized carbons (Fsp3) is 0.438. The van der Waals surface area contributed by atoms with Crippen molar-refractivity contribution in [1.82, 2.24) is 4.98 Å². The Morgan fingerprint density at radius 1 is 1.21 bits per heavy atom. The summed E-state index contributed by atoms with van der Waals surface area (Å²) in [6, 6.07) is 9.30. The normalized spacial score (nSPS) is 11.7. The molecule has 132 valence electrons. The Morgan fingerprint density at radius 2 is 1.83 bits per heavy atom. The maximum absolute atomic E-state index is 13.1. The average molecular weight is 354 g/mol. The zero-order valence-corrected chi connectivity index (χ0v) is 15.0. The molecule has 0 fully saturated rings. The van der Waals surface area contributed by atoms with Crippen LogP contribution in [-0.2, 0) is 13.6 Å². The highest BCUT2D eigenvalue weighted by molar-refractivity contribution is 7.62. The number of hydrogen-bond acceptors (Lipinski definition) is 7. The van der Waals surface area contributed by atoms with Gasteiger partial charge in [0, 0.05) is 19.2 Å². The molecule has 0 amide bonds. The topological polar surface area (TPSA) is 85.0 Å². The first kappa shape index (κ1) is 18.7. The van der Waals surface area contributed by atoms with Crippen molar-refractivity contribution in [3.63, 3.8) is 0 Å². The van der Waals surface area contributed by atoms with Gasteiger partial charge in [0.1, 0.15) is 0 Å². The largest absolute Gasteiger partial charge is 0.419 e. The van der Waals surface area contributed by atoms with Gasteiger partial charge in [-0.3, -0.25) is 4.57 Å². The summed E-state index contributed by atoms with van der Waals surface area (Å²) in [6.07, 6.45) is 0. The number of hydrogen-bond donors (Lipinski definition) is 1. The Hall–Kier alpha value is -1.66. The van der Waals surface area contributed by atoms with Crippen LogP contribution in [0.25, 0.3) is 11.5 Å². The zero-order chi connectivity index (χ0) is 17.6. The Balaban J connectivity index is 2.55. The van der Waals surface area contributed by atoms with Crippen molar-refractivity contribution in [2.75, 3.05) is 38.3 Å². The van der Waals surface area contributed by atoms with E-state index in [1.807, 2.05) is 30.3 Å². The highest BCUT2D eigenvalue weighted by Gasteiger charge is 2.37. The van der Waals surface area contributed by atoms with E-state index >= 15 is 0 Å². The number of anilines is 1. The van der Waals surface area contributed by atoms with Crippen molar-refractivity contribution in [2.45, 2.75) is 13.8 Å². The van der Waals surface area contributed by atoms with E-state index in [0.29, 0.717) is 12.4 Å². The number of aromatic nitrogens is 1. The third-order valence-corrected chi connectivity index (χ3v) is 5.26. The molecule has 8 heteroatoms. The Bertz CT molecular complexity index is 679. The summed E-state index contributed by atoms with van der Waals surface area (Å²) in [5.74, 6) is 0.596. The second kappa shape index (κ2) is 8.44. The van der Waals surface area contributed by atoms with Gasteiger partial charge in [-0.15, -0.1) is 0 Å². The van der Waals surface area contributed by atoms with Crippen LogP contribution >= 0.6 is 7.60 Å². The van der Waals surface area contributed by atoms with Gasteiger partial charge in [-0.25, -0.2) is 0 Å². The summed E-state index contributed by atoms with van der Waals surface area (Å²) in [5, 5.41) is 9.19. The summed E-state index contributed by atoms with van der Waals surface area (Å²) in [4.78, 5) is 6.03. The molecule has 0 aliphatic rings. The molecule has 0 aliphatic carbocycles. The van der Waals surface area contributed by atoms with Gasteiger partial charge >= 0.3 is 7.60 Å². The Morgan fingerprint density at radius 3 is 2.38 bits per heavy atom. The van der Waals surface area contributed by atoms with Gasteiger partial charge in [-0.05, 0) is 26.0 Å². The van der Waals surface area contributed by atoms with Crippen LogP contribution in [0.15, 0.2) is 34.7 Å². The minimum absolute atomic E-state index is 0.0785. The molecule has 0 spiro atoms. The number of benzene rings is 1. The van der Waals surface area contributed by atoms with E-state index < -0.39 is 7.60 Å². The van der Waals surface area contributed by atoms with E-state index in [4.69, 9.17) is 13.5 Å². The van der Waals surface area contributed by atoms with Crippen molar-refractivity contribution in [3.05, 3.63) is 30.3 Å². The van der Waals surface area contributed by atoms with Gasteiger partial charge in [0.15, 0.2) is 0 Å². The highest BCUT2D eigenvalue weighted by atomic mass is 31.2. The molecule has 2 rings (SSSR count). The van der Waals surface area contributed by atoms with E-state index in [-0.39, 0.29) is 31.1 Å². The third-order valence-electron chi connectivity index (χ3n) is 3.25. The fourth-order valence-electron chi connectivity index (χ4n) is 2.19. The zero-order valence-electron chi connectivity index (χ0n) is 14.1. The first-order valence-corrected chi connectivity index (χ1v) is 9.37. The molecular weight excluding hydrogens is 331 g/mol. The molecule has 1 aromatic heterocycles. The van der Waals surface area contributed by atoms with Gasteiger partial charge in [-0.2, -0.15) is 4.98 Å². The molecule has 7 nitrogen and oxygen atoms in total. The standard InChI is InChI=1S/C16H23N2O5P/c1-4-21-24(20,22-5-2)15-16(18(3)11-12-19)23-14(17-15)13-9-7-6-8-10-13/h6-10,19H,4-5,11-12H2,1-3H3. The number of rotatable bonds is 9. The van der Waals surface area contributed by atoms with Crippen LogP contribution in [0.5, 0.6) is 0 Å². The lowest BCUT2D eigenvalue weighted by Crippen LogP contribution is -2.27. The lowest BCUT2D eigenvalue weighted by atomic mass is 10.2. The fourth-order valence-corrected chi connectivity index (χ4v) is 3.85. The van der Waals surface area contributed by atoms with E-state index in [1.54, 1.807) is 25.8 Å². The molecule has 0 radical (unpaired) electrons. The molecule has 0 atom stereocenters. The second-order valence-electron chi connectivity index (χ2n) is 4.99. The lowest BCUT2D eigenvalue weighted by molar-refractivity contribution is 0.229. The summed E-state index contributed by atoms with van der Waals surface area (Å²) in [6.45, 7) is 4.13. The summed E-state index contributed by atoms with van der Waals surface area (Å²) < 4.78 is 29.7. The lowest BCUT2D eigenvalue weighted by Gasteiger charge is -2.19. The summed E-state index contributed by atoms with van der Waals surface area (Å²) >= 11 is 0. The van der Waals surface area contributed by atoms with Crippen LogP contribution in [0.1, 0.15) is 13.8 Å². The first-order valence-electron chi connectivity index (χ1n) is 7.83. The first-order chi connectivity index (χ1) is 11.6. The maximum atomic E-state index is 13.1. The van der Waals surface area contributed by atoms with E-state index in [1.165, 1.54) is 0 Å². The molecule has 0 saturated carbocycles. The SMILES string of the molecule is CCOP(=O)(OCC)c1nc(-c2ccccc2)oc1N(C)CCO. The molecule has 1 N–H and O–H groups in total. The molecule has 0 aliphatic heterocycles. The predicted molar refractivity (Wildman–Crippen MR) is 92.8 cm³/mol. The molecule has 0 saturated heterocycles. The van der Waals surface area contributed by atoms with E-state index in [2.05, 4.69) is 4.98 Å². The van der Waals surface area contributed by atoms with Crippen LogP contribution in [0, 0.1) is 0 Å². The van der Waals surface area contributed by atoms with Gasteiger partial charge in [-0.1, -0.05) is 18.2 Å². The van der Waals surface area contributed by atoms with Crippen LogP contribution in [0.2, 0.25) is 0 Å². The summed E-state index contributed by atoms with van der Waals surface area (Å²) in [7, 11) is -1.90. The van der Waals surface area contributed by atoms with Crippen LogP contribution < -0.4 is 10.3 Å². The molecule has 0 unspecified atom stereocenters. The third kappa shape index (κ3) is 4.05. The number of nitrogens with zero attached hydrogens (tertiary/aromatic N) is 2. The van der Waals surface area contributed by atoms with Crippen LogP contribution in [0.4, 0.5) is 5.88 Å². The van der Waals surface area contributed by atoms with Crippen molar-refractivity contribution < 1.29 is 23.1 Å². The highest BCUT2D eigenvalue weighted by Crippen LogP contribution is 2.49. The quantitative estimate of drug-likeness (QED) is 0.693. The minimum Gasteiger partial charge on any atom is -0.419 e. The van der Waals surface area contributed by atoms with E-state index in [9.17, 15) is 9.67 Å². The number of oxazole rings is 1. The molecule has 2 aromatic rings. The van der Waals surface area contributed by atoms with Gasteiger partial charge < -0.3 is 23.5 Å². The molecule has 24 heavy (non-hydrogen) atoms. The monoisotopic (exact) mass is 354 g/mol. The summed E-state index contributed by atoms with van der Waals surface area (Å²) in [5.41, 5.74) is 0.878. The number of aliphatic hydroxyl groups is 1. The van der Waals surface area contributed by atoms with Gasteiger partial charge in [0.25, 0.3) is 0 Å². The molecule has 1 aromatic carbocycles. The van der Waals surface area contributed by atoms with E-state index in [0.717, 1.165) is 5.56 Å². The van der Waals surface area contributed by atoms with Crippen molar-refractivity contribution in [2.24, 2.45) is 0 Å². The second-order valence-corrected chi connectivity index (χ2v) is 6.93. The van der Waals surface area contributed by atoms with Gasteiger partial charge in [0.2, 0.25) is 17.2 Å². The number of aliphatic hydroxyl groups excluding tert-OH is 1. The Labute approximate surface area is 141 Å². The maximum Gasteiger partial charge on any atom is 0.385 e.